The van der Waals surface area contributed by atoms with Gasteiger partial charge < -0.3 is 15.2 Å². The van der Waals surface area contributed by atoms with Crippen molar-refractivity contribution in [2.45, 2.75) is 25.8 Å². The van der Waals surface area contributed by atoms with E-state index in [0.29, 0.717) is 44.4 Å². The van der Waals surface area contributed by atoms with E-state index >= 15 is 0 Å². The molecule has 0 bridgehead atoms. The normalized spacial score (nSPS) is 19.7. The van der Waals surface area contributed by atoms with Crippen molar-refractivity contribution < 1.29 is 4.79 Å². The van der Waals surface area contributed by atoms with Gasteiger partial charge in [-0.05, 0) is 24.9 Å². The van der Waals surface area contributed by atoms with E-state index in [0.717, 1.165) is 5.69 Å². The largest absolute Gasteiger partial charge is 0.342 e. The highest BCUT2D eigenvalue weighted by Gasteiger charge is 2.34. The number of hydrogen-bond acceptors (Lipinski definition) is 4. The number of likely N-dealkylation sites (tertiary alicyclic amines) is 1. The molecule has 1 amide bonds. The lowest BCUT2D eigenvalue weighted by Gasteiger charge is -2.17. The summed E-state index contributed by atoms with van der Waals surface area (Å²) < 4.78 is 1.67. The number of benzene rings is 1. The van der Waals surface area contributed by atoms with Crippen molar-refractivity contribution in [2.24, 2.45) is 11.7 Å². The second-order valence-corrected chi connectivity index (χ2v) is 7.18. The number of thiazole rings is 1. The molecule has 1 aromatic heterocycles. The summed E-state index contributed by atoms with van der Waals surface area (Å²) in [4.78, 5) is 26.2. The van der Waals surface area contributed by atoms with Crippen LogP contribution in [0.5, 0.6) is 0 Å². The number of carbonyl (C=O) groups excluding carboxylic acids is 1. The number of amides is 1. The maximum Gasteiger partial charge on any atom is 0.307 e. The maximum absolute atomic E-state index is 12.6. The van der Waals surface area contributed by atoms with E-state index < -0.39 is 0 Å². The van der Waals surface area contributed by atoms with E-state index in [-0.39, 0.29) is 23.2 Å². The van der Waals surface area contributed by atoms with Gasteiger partial charge in [-0.1, -0.05) is 41.7 Å². The second kappa shape index (κ2) is 8.65. The third kappa shape index (κ3) is 4.32. The lowest BCUT2D eigenvalue weighted by molar-refractivity contribution is -0.130. The van der Waals surface area contributed by atoms with Gasteiger partial charge >= 0.3 is 4.87 Å². The third-order valence-electron chi connectivity index (χ3n) is 4.85. The van der Waals surface area contributed by atoms with Gasteiger partial charge in [0.15, 0.2) is 0 Å². The van der Waals surface area contributed by atoms with Crippen LogP contribution in [0.2, 0.25) is 0 Å². The molecule has 5 nitrogen and oxygen atoms in total. The first-order valence-electron chi connectivity index (χ1n) is 8.28. The molecule has 2 N–H and O–H groups in total. The fraction of sp³-hybridized carbons (Fsp3) is 0.444. The molecule has 0 spiro atoms. The first-order chi connectivity index (χ1) is 11.6. The van der Waals surface area contributed by atoms with Crippen LogP contribution in [0.3, 0.4) is 0 Å². The Labute approximate surface area is 157 Å². The summed E-state index contributed by atoms with van der Waals surface area (Å²) in [6.07, 6.45) is 0.357. The highest BCUT2D eigenvalue weighted by molar-refractivity contribution is 7.07. The second-order valence-electron chi connectivity index (χ2n) is 6.36. The van der Waals surface area contributed by atoms with Crippen LogP contribution in [0.1, 0.15) is 23.6 Å². The van der Waals surface area contributed by atoms with Crippen LogP contribution in [0, 0.1) is 12.8 Å². The molecule has 25 heavy (non-hydrogen) atoms. The van der Waals surface area contributed by atoms with Gasteiger partial charge in [0.1, 0.15) is 0 Å². The summed E-state index contributed by atoms with van der Waals surface area (Å²) in [5.74, 6) is 0.692. The first kappa shape index (κ1) is 19.7. The summed E-state index contributed by atoms with van der Waals surface area (Å²) in [6, 6.07) is 10.3. The predicted octanol–water partition coefficient (Wildman–Crippen LogP) is 2.23. The molecule has 0 saturated carbocycles. The maximum atomic E-state index is 12.6. The summed E-state index contributed by atoms with van der Waals surface area (Å²) in [5.41, 5.74) is 8.09. The van der Waals surface area contributed by atoms with Gasteiger partial charge in [-0.15, -0.1) is 12.4 Å². The van der Waals surface area contributed by atoms with Gasteiger partial charge in [0.05, 0.1) is 0 Å². The van der Waals surface area contributed by atoms with E-state index in [2.05, 4.69) is 12.1 Å². The van der Waals surface area contributed by atoms with Gasteiger partial charge in [-0.2, -0.15) is 0 Å². The average Bonchev–Trinajstić information content (AvgIpc) is 3.17. The van der Waals surface area contributed by atoms with Crippen LogP contribution in [-0.2, 0) is 11.3 Å². The molecule has 7 heteroatoms. The highest BCUT2D eigenvalue weighted by atomic mass is 35.5. The van der Waals surface area contributed by atoms with Gasteiger partial charge in [0.2, 0.25) is 5.91 Å². The minimum atomic E-state index is 0. The van der Waals surface area contributed by atoms with E-state index in [1.807, 2.05) is 35.4 Å². The van der Waals surface area contributed by atoms with Crippen molar-refractivity contribution in [1.29, 1.82) is 0 Å². The monoisotopic (exact) mass is 381 g/mol. The van der Waals surface area contributed by atoms with Crippen LogP contribution in [-0.4, -0.2) is 35.0 Å². The van der Waals surface area contributed by atoms with Crippen LogP contribution < -0.4 is 10.6 Å². The van der Waals surface area contributed by atoms with Gasteiger partial charge in [0, 0.05) is 43.0 Å². The van der Waals surface area contributed by atoms with E-state index in [9.17, 15) is 9.59 Å². The number of nitrogens with zero attached hydrogens (tertiary/aromatic N) is 2. The van der Waals surface area contributed by atoms with Crippen LogP contribution in [0.15, 0.2) is 40.5 Å². The Morgan fingerprint density at radius 1 is 1.28 bits per heavy atom. The summed E-state index contributed by atoms with van der Waals surface area (Å²) in [7, 11) is 0. The first-order valence-corrected chi connectivity index (χ1v) is 9.16. The Hall–Kier alpha value is -1.63. The number of aryl methyl sites for hydroxylation is 1. The van der Waals surface area contributed by atoms with E-state index in [1.165, 1.54) is 16.9 Å². The Morgan fingerprint density at radius 2 is 2.00 bits per heavy atom. The molecule has 1 aliphatic heterocycles. The molecule has 3 rings (SSSR count). The zero-order chi connectivity index (χ0) is 17.1. The van der Waals surface area contributed by atoms with Gasteiger partial charge in [-0.3, -0.25) is 9.59 Å². The van der Waals surface area contributed by atoms with Crippen molar-refractivity contribution >= 4 is 29.7 Å². The van der Waals surface area contributed by atoms with Crippen LogP contribution in [0.25, 0.3) is 0 Å². The molecular weight excluding hydrogens is 358 g/mol. The fourth-order valence-corrected chi connectivity index (χ4v) is 4.19. The predicted molar refractivity (Wildman–Crippen MR) is 103 cm³/mol. The van der Waals surface area contributed by atoms with Crippen molar-refractivity contribution in [3.05, 3.63) is 56.6 Å². The average molecular weight is 382 g/mol. The standard InChI is InChI=1S/C18H23N3O2S.ClH/c1-13-12-24-18(23)21(13)8-7-17(22)20-10-15(9-19)16(11-20)14-5-3-2-4-6-14;/h2-6,12,15-16H,7-11,19H2,1H3;1H/t15-,16+;/m1./s1. The van der Waals surface area contributed by atoms with Crippen LogP contribution in [0.4, 0.5) is 0 Å². The molecule has 0 radical (unpaired) electrons. The minimum absolute atomic E-state index is 0. The molecule has 0 unspecified atom stereocenters. The van der Waals surface area contributed by atoms with Gasteiger partial charge in [-0.25, -0.2) is 0 Å². The number of nitrogens with two attached hydrogens (primary N) is 1. The molecular formula is C18H24ClN3O2S. The van der Waals surface area contributed by atoms with Gasteiger partial charge in [0.25, 0.3) is 0 Å². The zero-order valence-corrected chi connectivity index (χ0v) is 15.9. The fourth-order valence-electron chi connectivity index (χ4n) is 3.43. The number of aromatic nitrogens is 1. The van der Waals surface area contributed by atoms with Crippen molar-refractivity contribution in [3.63, 3.8) is 0 Å². The smallest absolute Gasteiger partial charge is 0.307 e. The molecule has 1 fully saturated rings. The lowest BCUT2D eigenvalue weighted by atomic mass is 9.89. The topological polar surface area (TPSA) is 68.3 Å². The SMILES string of the molecule is Cc1csc(=O)n1CCC(=O)N1C[C@@H](CN)[C@H](c2ccccc2)C1.Cl. The Kier molecular flexibility index (Phi) is 6.81. The summed E-state index contributed by atoms with van der Waals surface area (Å²) in [5, 5.41) is 1.83. The molecule has 1 saturated heterocycles. The van der Waals surface area contributed by atoms with Crippen molar-refractivity contribution in [1.82, 2.24) is 9.47 Å². The minimum Gasteiger partial charge on any atom is -0.342 e. The van der Waals surface area contributed by atoms with Crippen molar-refractivity contribution in [2.75, 3.05) is 19.6 Å². The molecule has 136 valence electrons. The van der Waals surface area contributed by atoms with Crippen LogP contribution >= 0.6 is 23.7 Å². The lowest BCUT2D eigenvalue weighted by Crippen LogP contribution is -2.31. The Bertz CT molecular complexity index is 759. The molecule has 2 heterocycles. The summed E-state index contributed by atoms with van der Waals surface area (Å²) >= 11 is 1.18. The Balaban J connectivity index is 0.00000225. The quantitative estimate of drug-likeness (QED) is 0.863. The van der Waals surface area contributed by atoms with E-state index in [1.54, 1.807) is 4.57 Å². The number of hydrogen-bond donors (Lipinski definition) is 1. The molecule has 2 atom stereocenters. The zero-order valence-electron chi connectivity index (χ0n) is 14.3. The number of rotatable bonds is 5. The Morgan fingerprint density at radius 3 is 2.60 bits per heavy atom. The molecule has 1 aliphatic rings. The molecule has 2 aromatic rings. The number of halogens is 1. The molecule has 0 aliphatic carbocycles. The van der Waals surface area contributed by atoms with Crippen molar-refractivity contribution in [3.8, 4) is 0 Å². The summed E-state index contributed by atoms with van der Waals surface area (Å²) in [6.45, 7) is 4.34. The highest BCUT2D eigenvalue weighted by Crippen LogP contribution is 2.32. The molecule has 1 aromatic carbocycles. The third-order valence-corrected chi connectivity index (χ3v) is 5.73. The van der Waals surface area contributed by atoms with E-state index in [4.69, 9.17) is 5.73 Å². The number of carbonyl (C=O) groups is 1.